The second-order valence-corrected chi connectivity index (χ2v) is 6.68. The molecule has 2 N–H and O–H groups in total. The van der Waals surface area contributed by atoms with Crippen LogP contribution in [-0.4, -0.2) is 5.11 Å². The number of aryl methyl sites for hydroxylation is 1. The Morgan fingerprint density at radius 1 is 1.09 bits per heavy atom. The van der Waals surface area contributed by atoms with Gasteiger partial charge in [0, 0.05) is 15.7 Å². The minimum Gasteiger partial charge on any atom is -0.356 e. The molecule has 0 spiro atoms. The molecule has 0 saturated heterocycles. The number of anilines is 1. The van der Waals surface area contributed by atoms with Gasteiger partial charge in [0.15, 0.2) is 5.11 Å². The Kier molecular flexibility index (Phi) is 4.87. The van der Waals surface area contributed by atoms with Gasteiger partial charge in [0.05, 0.1) is 6.04 Å². The third-order valence-electron chi connectivity index (χ3n) is 3.80. The van der Waals surface area contributed by atoms with Crippen molar-refractivity contribution in [2.24, 2.45) is 0 Å². The molecule has 0 saturated carbocycles. The molecule has 0 aliphatic heterocycles. The minimum absolute atomic E-state index is 0.250. The van der Waals surface area contributed by atoms with Crippen molar-refractivity contribution in [3.8, 4) is 0 Å². The topological polar surface area (TPSA) is 24.1 Å². The van der Waals surface area contributed by atoms with Gasteiger partial charge >= 0.3 is 0 Å². The number of halogens is 2. The van der Waals surface area contributed by atoms with Gasteiger partial charge in [-0.3, -0.25) is 0 Å². The Labute approximate surface area is 145 Å². The van der Waals surface area contributed by atoms with Gasteiger partial charge < -0.3 is 10.6 Å². The zero-order valence-electron chi connectivity index (χ0n) is 11.9. The lowest BCUT2D eigenvalue weighted by atomic mass is 9.88. The molecule has 22 heavy (non-hydrogen) atoms. The van der Waals surface area contributed by atoms with Gasteiger partial charge in [0.2, 0.25) is 0 Å². The van der Waals surface area contributed by atoms with Crippen LogP contribution in [0.4, 0.5) is 5.69 Å². The first-order valence-corrected chi connectivity index (χ1v) is 8.39. The molecule has 1 unspecified atom stereocenters. The Balaban J connectivity index is 1.70. The van der Waals surface area contributed by atoms with E-state index in [4.69, 9.17) is 35.4 Å². The van der Waals surface area contributed by atoms with E-state index in [0.717, 1.165) is 18.5 Å². The highest BCUT2D eigenvalue weighted by atomic mass is 35.5. The van der Waals surface area contributed by atoms with Gasteiger partial charge in [-0.05, 0) is 60.8 Å². The van der Waals surface area contributed by atoms with E-state index >= 15 is 0 Å². The number of rotatable bonds is 2. The van der Waals surface area contributed by atoms with E-state index < -0.39 is 0 Å². The summed E-state index contributed by atoms with van der Waals surface area (Å²) in [6, 6.07) is 14.1. The largest absolute Gasteiger partial charge is 0.356 e. The van der Waals surface area contributed by atoms with Crippen molar-refractivity contribution in [2.45, 2.75) is 25.3 Å². The molecule has 0 fully saturated rings. The van der Waals surface area contributed by atoms with Gasteiger partial charge in [0.25, 0.3) is 0 Å². The molecule has 114 valence electrons. The summed E-state index contributed by atoms with van der Waals surface area (Å²) in [5.74, 6) is 0. The molecular weight excluding hydrogens is 335 g/mol. The van der Waals surface area contributed by atoms with Crippen LogP contribution in [0.2, 0.25) is 10.0 Å². The highest BCUT2D eigenvalue weighted by Gasteiger charge is 2.20. The molecule has 1 atom stereocenters. The quantitative estimate of drug-likeness (QED) is 0.713. The summed E-state index contributed by atoms with van der Waals surface area (Å²) in [4.78, 5) is 0. The molecule has 1 aliphatic rings. The fourth-order valence-corrected chi connectivity index (χ4v) is 3.64. The van der Waals surface area contributed by atoms with Gasteiger partial charge in [-0.1, -0.05) is 47.5 Å². The summed E-state index contributed by atoms with van der Waals surface area (Å²) in [6.45, 7) is 0. The lowest BCUT2D eigenvalue weighted by molar-refractivity contribution is 0.529. The predicted molar refractivity (Wildman–Crippen MR) is 97.9 cm³/mol. The molecule has 0 bridgehead atoms. The van der Waals surface area contributed by atoms with Gasteiger partial charge in [-0.2, -0.15) is 0 Å². The van der Waals surface area contributed by atoms with Gasteiger partial charge in [-0.25, -0.2) is 0 Å². The zero-order valence-corrected chi connectivity index (χ0v) is 14.2. The van der Waals surface area contributed by atoms with Crippen LogP contribution in [0.25, 0.3) is 0 Å². The monoisotopic (exact) mass is 350 g/mol. The van der Waals surface area contributed by atoms with Gasteiger partial charge in [-0.15, -0.1) is 0 Å². The molecule has 2 aromatic carbocycles. The molecular formula is C17H16Cl2N2S. The van der Waals surface area contributed by atoms with E-state index in [1.165, 1.54) is 17.5 Å². The van der Waals surface area contributed by atoms with Crippen molar-refractivity contribution in [3.63, 3.8) is 0 Å². The number of thiocarbonyl (C=S) groups is 1. The summed E-state index contributed by atoms with van der Waals surface area (Å²) >= 11 is 17.4. The van der Waals surface area contributed by atoms with Crippen LogP contribution >= 0.6 is 35.4 Å². The van der Waals surface area contributed by atoms with E-state index in [0.29, 0.717) is 15.2 Å². The second kappa shape index (κ2) is 6.86. The zero-order chi connectivity index (χ0) is 15.5. The van der Waals surface area contributed by atoms with Crippen molar-refractivity contribution in [1.29, 1.82) is 0 Å². The third kappa shape index (κ3) is 3.72. The summed E-state index contributed by atoms with van der Waals surface area (Å²) < 4.78 is 0. The number of benzene rings is 2. The molecule has 3 rings (SSSR count). The van der Waals surface area contributed by atoms with E-state index in [-0.39, 0.29) is 6.04 Å². The van der Waals surface area contributed by atoms with E-state index in [1.807, 2.05) is 0 Å². The van der Waals surface area contributed by atoms with Crippen molar-refractivity contribution < 1.29 is 0 Å². The third-order valence-corrected chi connectivity index (χ3v) is 4.45. The standard InChI is InChI=1S/C17H16Cl2N2S/c18-12-8-13(19)10-14(9-12)20-17(22)21-16-7-3-5-11-4-1-2-6-15(11)16/h1-2,4,6,8-10,16H,3,5,7H2,(H2,20,21,22). The summed E-state index contributed by atoms with van der Waals surface area (Å²) in [7, 11) is 0. The summed E-state index contributed by atoms with van der Waals surface area (Å²) in [5, 5.41) is 8.30. The molecule has 0 heterocycles. The maximum absolute atomic E-state index is 6.00. The number of hydrogen-bond acceptors (Lipinski definition) is 1. The fourth-order valence-electron chi connectivity index (χ4n) is 2.86. The van der Waals surface area contributed by atoms with Crippen molar-refractivity contribution in [1.82, 2.24) is 5.32 Å². The average molecular weight is 351 g/mol. The first kappa shape index (κ1) is 15.6. The lowest BCUT2D eigenvalue weighted by Crippen LogP contribution is -2.34. The second-order valence-electron chi connectivity index (χ2n) is 5.40. The maximum Gasteiger partial charge on any atom is 0.171 e. The number of fused-ring (bicyclic) bond motifs is 1. The van der Waals surface area contributed by atoms with E-state index in [2.05, 4.69) is 34.9 Å². The van der Waals surface area contributed by atoms with E-state index in [1.54, 1.807) is 18.2 Å². The minimum atomic E-state index is 0.250. The average Bonchev–Trinajstić information content (AvgIpc) is 2.46. The smallest absolute Gasteiger partial charge is 0.171 e. The highest BCUT2D eigenvalue weighted by Crippen LogP contribution is 2.29. The Hall–Kier alpha value is -1.29. The Morgan fingerprint density at radius 3 is 2.59 bits per heavy atom. The van der Waals surface area contributed by atoms with Crippen LogP contribution in [0.3, 0.4) is 0 Å². The van der Waals surface area contributed by atoms with Crippen LogP contribution in [0.15, 0.2) is 42.5 Å². The van der Waals surface area contributed by atoms with E-state index in [9.17, 15) is 0 Å². The van der Waals surface area contributed by atoms with Crippen LogP contribution in [-0.2, 0) is 6.42 Å². The lowest BCUT2D eigenvalue weighted by Gasteiger charge is -2.27. The van der Waals surface area contributed by atoms with Crippen molar-refractivity contribution in [2.75, 3.05) is 5.32 Å². The normalized spacial score (nSPS) is 16.7. The molecule has 1 aliphatic carbocycles. The number of nitrogens with one attached hydrogen (secondary N) is 2. The Morgan fingerprint density at radius 2 is 1.82 bits per heavy atom. The van der Waals surface area contributed by atoms with Crippen LogP contribution < -0.4 is 10.6 Å². The maximum atomic E-state index is 6.00. The molecule has 2 aromatic rings. The first-order valence-electron chi connectivity index (χ1n) is 7.23. The van der Waals surface area contributed by atoms with Crippen LogP contribution in [0, 0.1) is 0 Å². The number of hydrogen-bond donors (Lipinski definition) is 2. The molecule has 0 amide bonds. The molecule has 5 heteroatoms. The fraction of sp³-hybridized carbons (Fsp3) is 0.235. The van der Waals surface area contributed by atoms with Crippen LogP contribution in [0.5, 0.6) is 0 Å². The SMILES string of the molecule is S=C(Nc1cc(Cl)cc(Cl)c1)NC1CCCc2ccccc21. The first-order chi connectivity index (χ1) is 10.6. The molecule has 2 nitrogen and oxygen atoms in total. The van der Waals surface area contributed by atoms with Gasteiger partial charge in [0.1, 0.15) is 0 Å². The summed E-state index contributed by atoms with van der Waals surface area (Å²) in [6.07, 6.45) is 3.38. The summed E-state index contributed by atoms with van der Waals surface area (Å²) in [5.41, 5.74) is 3.53. The van der Waals surface area contributed by atoms with Crippen molar-refractivity contribution >= 4 is 46.2 Å². The highest BCUT2D eigenvalue weighted by molar-refractivity contribution is 7.80. The Bertz CT molecular complexity index is 683. The molecule has 0 radical (unpaired) electrons. The van der Waals surface area contributed by atoms with Crippen LogP contribution in [0.1, 0.15) is 30.0 Å². The predicted octanol–water partition coefficient (Wildman–Crippen LogP) is 5.36. The molecule has 0 aromatic heterocycles. The van der Waals surface area contributed by atoms with Crippen molar-refractivity contribution in [3.05, 3.63) is 63.6 Å².